The van der Waals surface area contributed by atoms with Crippen molar-refractivity contribution in [2.45, 2.75) is 32.7 Å². The molecule has 1 aromatic heterocycles. The van der Waals surface area contributed by atoms with Gasteiger partial charge in [0.2, 0.25) is 5.91 Å². The summed E-state index contributed by atoms with van der Waals surface area (Å²) in [6.07, 6.45) is 4.44. The van der Waals surface area contributed by atoms with Gasteiger partial charge in [-0.05, 0) is 13.3 Å². The molecule has 0 aliphatic rings. The van der Waals surface area contributed by atoms with Crippen LogP contribution in [0.2, 0.25) is 0 Å². The first-order valence-corrected chi connectivity index (χ1v) is 5.98. The summed E-state index contributed by atoms with van der Waals surface area (Å²) in [7, 11) is 0. The van der Waals surface area contributed by atoms with Crippen molar-refractivity contribution in [2.24, 2.45) is 0 Å². The average Bonchev–Trinajstić information content (AvgIpc) is 2.85. The van der Waals surface area contributed by atoms with E-state index in [0.717, 1.165) is 6.42 Å². The Morgan fingerprint density at radius 1 is 1.39 bits per heavy atom. The highest BCUT2D eigenvalue weighted by Gasteiger charge is 2.06. The molecule has 0 bridgehead atoms. The van der Waals surface area contributed by atoms with E-state index >= 15 is 0 Å². The van der Waals surface area contributed by atoms with Gasteiger partial charge in [0, 0.05) is 25.7 Å². The van der Waals surface area contributed by atoms with Crippen molar-refractivity contribution in [3.8, 4) is 0 Å². The number of hydrogen-bond donors (Lipinski definition) is 1. The Bertz CT molecular complexity index is 364. The largest absolute Gasteiger partial charge is 0.466 e. The molecule has 1 aromatic rings. The molecule has 0 atom stereocenters. The second kappa shape index (κ2) is 8.21. The Kier molecular flexibility index (Phi) is 6.45. The zero-order valence-electron chi connectivity index (χ0n) is 10.5. The summed E-state index contributed by atoms with van der Waals surface area (Å²) in [4.78, 5) is 22.4. The quantitative estimate of drug-likeness (QED) is 0.526. The van der Waals surface area contributed by atoms with Gasteiger partial charge in [0.05, 0.1) is 19.2 Å². The van der Waals surface area contributed by atoms with Crippen LogP contribution < -0.4 is 5.32 Å². The van der Waals surface area contributed by atoms with Gasteiger partial charge in [-0.25, -0.2) is 0 Å². The van der Waals surface area contributed by atoms with Crippen molar-refractivity contribution in [3.05, 3.63) is 12.4 Å². The molecule has 0 saturated carbocycles. The summed E-state index contributed by atoms with van der Waals surface area (Å²) in [6.45, 7) is 3.35. The third kappa shape index (κ3) is 5.97. The molecule has 7 nitrogen and oxygen atoms in total. The van der Waals surface area contributed by atoms with Crippen LogP contribution in [0.4, 0.5) is 0 Å². The molecule has 0 spiro atoms. The van der Waals surface area contributed by atoms with E-state index in [1.807, 2.05) is 0 Å². The first kappa shape index (κ1) is 14.1. The molecule has 0 unspecified atom stereocenters. The highest BCUT2D eigenvalue weighted by Crippen LogP contribution is 1.93. The molecule has 0 radical (unpaired) electrons. The van der Waals surface area contributed by atoms with Crippen molar-refractivity contribution in [1.82, 2.24) is 20.3 Å². The maximum Gasteiger partial charge on any atom is 0.306 e. The standard InChI is InChI=1S/C11H18N4O3/c1-2-18-11(17)5-4-10(16)12-6-3-8-15-9-7-13-14-15/h7,9H,2-6,8H2,1H3,(H,12,16). The van der Waals surface area contributed by atoms with Crippen molar-refractivity contribution in [1.29, 1.82) is 0 Å². The second-order valence-electron chi connectivity index (χ2n) is 3.67. The number of nitrogens with zero attached hydrogens (tertiary/aromatic N) is 3. The molecular weight excluding hydrogens is 236 g/mol. The number of ether oxygens (including phenoxy) is 1. The number of carbonyl (C=O) groups is 2. The first-order chi connectivity index (χ1) is 8.72. The third-order valence-corrected chi connectivity index (χ3v) is 2.22. The molecule has 0 saturated heterocycles. The molecular formula is C11H18N4O3. The molecule has 18 heavy (non-hydrogen) atoms. The molecule has 100 valence electrons. The molecule has 1 rings (SSSR count). The van der Waals surface area contributed by atoms with Crippen LogP contribution in [0.25, 0.3) is 0 Å². The highest BCUT2D eigenvalue weighted by atomic mass is 16.5. The van der Waals surface area contributed by atoms with Gasteiger partial charge in [-0.3, -0.25) is 14.3 Å². The Labute approximate surface area is 105 Å². The van der Waals surface area contributed by atoms with Gasteiger partial charge in [-0.1, -0.05) is 5.21 Å². The van der Waals surface area contributed by atoms with Gasteiger partial charge in [0.15, 0.2) is 0 Å². The van der Waals surface area contributed by atoms with Crippen LogP contribution in [0.15, 0.2) is 12.4 Å². The van der Waals surface area contributed by atoms with E-state index in [4.69, 9.17) is 4.74 Å². The molecule has 7 heteroatoms. The van der Waals surface area contributed by atoms with Crippen molar-refractivity contribution in [2.75, 3.05) is 13.2 Å². The summed E-state index contributed by atoms with van der Waals surface area (Å²) in [5.41, 5.74) is 0. The van der Waals surface area contributed by atoms with Crippen molar-refractivity contribution < 1.29 is 14.3 Å². The fraction of sp³-hybridized carbons (Fsp3) is 0.636. The Balaban J connectivity index is 2.01. The minimum absolute atomic E-state index is 0.128. The number of amides is 1. The SMILES string of the molecule is CCOC(=O)CCC(=O)NCCCn1ccnn1. The second-order valence-corrected chi connectivity index (χ2v) is 3.67. The molecule has 0 aliphatic heterocycles. The Hall–Kier alpha value is -1.92. The van der Waals surface area contributed by atoms with Gasteiger partial charge in [0.25, 0.3) is 0 Å². The normalized spacial score (nSPS) is 10.1. The predicted molar refractivity (Wildman–Crippen MR) is 63.5 cm³/mol. The highest BCUT2D eigenvalue weighted by molar-refractivity contribution is 5.81. The van der Waals surface area contributed by atoms with E-state index < -0.39 is 0 Å². The number of rotatable bonds is 8. The third-order valence-electron chi connectivity index (χ3n) is 2.22. The van der Waals surface area contributed by atoms with Gasteiger partial charge < -0.3 is 10.1 Å². The van der Waals surface area contributed by atoms with E-state index in [2.05, 4.69) is 15.6 Å². The van der Waals surface area contributed by atoms with Crippen LogP contribution in [0, 0.1) is 0 Å². The minimum atomic E-state index is -0.338. The number of esters is 1. The topological polar surface area (TPSA) is 86.1 Å². The van der Waals surface area contributed by atoms with Crippen LogP contribution in [0.3, 0.4) is 0 Å². The van der Waals surface area contributed by atoms with Crippen molar-refractivity contribution >= 4 is 11.9 Å². The number of nitrogens with one attached hydrogen (secondary N) is 1. The fourth-order valence-electron chi connectivity index (χ4n) is 1.36. The lowest BCUT2D eigenvalue weighted by Gasteiger charge is -2.05. The summed E-state index contributed by atoms with van der Waals surface area (Å²) in [6, 6.07) is 0. The maximum absolute atomic E-state index is 11.4. The van der Waals surface area contributed by atoms with Crippen LogP contribution >= 0.6 is 0 Å². The zero-order valence-corrected chi connectivity index (χ0v) is 10.5. The lowest BCUT2D eigenvalue weighted by atomic mass is 10.3. The fourth-order valence-corrected chi connectivity index (χ4v) is 1.36. The van der Waals surface area contributed by atoms with E-state index in [9.17, 15) is 9.59 Å². The Morgan fingerprint density at radius 3 is 2.89 bits per heavy atom. The lowest BCUT2D eigenvalue weighted by molar-refractivity contribution is -0.144. The maximum atomic E-state index is 11.4. The minimum Gasteiger partial charge on any atom is -0.466 e. The summed E-state index contributed by atoms with van der Waals surface area (Å²) >= 11 is 0. The number of hydrogen-bond acceptors (Lipinski definition) is 5. The molecule has 1 amide bonds. The monoisotopic (exact) mass is 254 g/mol. The predicted octanol–water partition coefficient (Wildman–Crippen LogP) is 0.128. The lowest BCUT2D eigenvalue weighted by Crippen LogP contribution is -2.25. The summed E-state index contributed by atoms with van der Waals surface area (Å²) in [5.74, 6) is -0.475. The van der Waals surface area contributed by atoms with E-state index in [0.29, 0.717) is 19.7 Å². The average molecular weight is 254 g/mol. The molecule has 1 heterocycles. The summed E-state index contributed by atoms with van der Waals surface area (Å²) < 4.78 is 6.43. The van der Waals surface area contributed by atoms with E-state index in [1.165, 1.54) is 0 Å². The number of aryl methyl sites for hydroxylation is 1. The van der Waals surface area contributed by atoms with Crippen LogP contribution in [-0.2, 0) is 20.9 Å². The van der Waals surface area contributed by atoms with Gasteiger partial charge in [0.1, 0.15) is 0 Å². The summed E-state index contributed by atoms with van der Waals surface area (Å²) in [5, 5.41) is 10.2. The van der Waals surface area contributed by atoms with Gasteiger partial charge in [-0.15, -0.1) is 5.10 Å². The molecule has 0 aliphatic carbocycles. The van der Waals surface area contributed by atoms with Crippen LogP contribution in [0.5, 0.6) is 0 Å². The molecule has 1 N–H and O–H groups in total. The number of carbonyl (C=O) groups excluding carboxylic acids is 2. The van der Waals surface area contributed by atoms with Gasteiger partial charge >= 0.3 is 5.97 Å². The van der Waals surface area contributed by atoms with E-state index in [1.54, 1.807) is 24.0 Å². The molecule has 0 fully saturated rings. The van der Waals surface area contributed by atoms with Crippen molar-refractivity contribution in [3.63, 3.8) is 0 Å². The van der Waals surface area contributed by atoms with Crippen LogP contribution in [-0.4, -0.2) is 40.0 Å². The zero-order chi connectivity index (χ0) is 13.2. The van der Waals surface area contributed by atoms with Crippen LogP contribution in [0.1, 0.15) is 26.2 Å². The first-order valence-electron chi connectivity index (χ1n) is 5.98. The van der Waals surface area contributed by atoms with Gasteiger partial charge in [-0.2, -0.15) is 0 Å². The molecule has 0 aromatic carbocycles. The van der Waals surface area contributed by atoms with E-state index in [-0.39, 0.29) is 24.7 Å². The Morgan fingerprint density at radius 2 is 2.22 bits per heavy atom. The number of aromatic nitrogens is 3. The smallest absolute Gasteiger partial charge is 0.306 e.